The largest absolute Gasteiger partial charge is 0.495 e. The van der Waals surface area contributed by atoms with E-state index in [-0.39, 0.29) is 30.3 Å². The number of carbonyl (C=O) groups excluding carboxylic acids is 2. The van der Waals surface area contributed by atoms with Gasteiger partial charge in [0.25, 0.3) is 0 Å². The van der Waals surface area contributed by atoms with Gasteiger partial charge in [0.05, 0.1) is 19.1 Å². The standard InChI is InChI=1S/C25H33Cl2N3O5S/c1-7-20(24(32)28-25(2,3)4)29(15-17-18(26)11-10-12-19(17)27)23(31)16-30(36(6,33)34)21-13-8-9-14-22(21)35-5/h8-14,20H,7,15-16H2,1-6H3,(H,28,32)/t20-/m1/s1. The topological polar surface area (TPSA) is 96.0 Å². The van der Waals surface area contributed by atoms with Crippen LogP contribution >= 0.6 is 23.2 Å². The van der Waals surface area contributed by atoms with Crippen LogP contribution < -0.4 is 14.4 Å². The number of methoxy groups -OCH3 is 1. The molecule has 0 unspecified atom stereocenters. The molecule has 0 heterocycles. The molecular formula is C25H33Cl2N3O5S. The second kappa shape index (κ2) is 12.2. The number of para-hydroxylation sites is 2. The fourth-order valence-electron chi connectivity index (χ4n) is 3.66. The fraction of sp³-hybridized carbons (Fsp3) is 0.440. The van der Waals surface area contributed by atoms with Gasteiger partial charge in [-0.25, -0.2) is 8.42 Å². The van der Waals surface area contributed by atoms with Crippen LogP contribution in [0.25, 0.3) is 0 Å². The predicted molar refractivity (Wildman–Crippen MR) is 144 cm³/mol. The molecule has 0 aliphatic rings. The maximum atomic E-state index is 13.8. The van der Waals surface area contributed by atoms with Crippen molar-refractivity contribution < 1.29 is 22.7 Å². The van der Waals surface area contributed by atoms with Gasteiger partial charge in [-0.2, -0.15) is 0 Å². The number of hydrogen-bond donors (Lipinski definition) is 1. The Labute approximate surface area is 223 Å². The number of benzene rings is 2. The number of nitrogens with one attached hydrogen (secondary N) is 1. The fourth-order valence-corrected chi connectivity index (χ4v) is 5.03. The molecule has 1 N–H and O–H groups in total. The van der Waals surface area contributed by atoms with Crippen molar-refractivity contribution in [2.45, 2.75) is 52.2 Å². The normalized spacial score (nSPS) is 12.6. The van der Waals surface area contributed by atoms with Gasteiger partial charge in [-0.05, 0) is 51.5 Å². The van der Waals surface area contributed by atoms with Crippen molar-refractivity contribution in [3.05, 3.63) is 58.1 Å². The smallest absolute Gasteiger partial charge is 0.244 e. The van der Waals surface area contributed by atoms with E-state index in [0.29, 0.717) is 15.6 Å². The van der Waals surface area contributed by atoms with E-state index in [4.69, 9.17) is 27.9 Å². The lowest BCUT2D eigenvalue weighted by Gasteiger charge is -2.35. The van der Waals surface area contributed by atoms with Crippen LogP contribution in [0.4, 0.5) is 5.69 Å². The van der Waals surface area contributed by atoms with Crippen molar-refractivity contribution in [1.82, 2.24) is 10.2 Å². The summed E-state index contributed by atoms with van der Waals surface area (Å²) in [6.45, 7) is 6.64. The lowest BCUT2D eigenvalue weighted by Crippen LogP contribution is -2.55. The lowest BCUT2D eigenvalue weighted by molar-refractivity contribution is -0.141. The number of halogens is 2. The molecule has 2 aromatic rings. The molecule has 36 heavy (non-hydrogen) atoms. The molecule has 2 rings (SSSR count). The number of nitrogens with zero attached hydrogens (tertiary/aromatic N) is 2. The molecule has 11 heteroatoms. The average Bonchev–Trinajstić information content (AvgIpc) is 2.77. The monoisotopic (exact) mass is 557 g/mol. The van der Waals surface area contributed by atoms with Gasteiger partial charge in [0.15, 0.2) is 0 Å². The summed E-state index contributed by atoms with van der Waals surface area (Å²) in [5.41, 5.74) is 0.121. The first-order valence-corrected chi connectivity index (χ1v) is 13.9. The Morgan fingerprint density at radius 1 is 1.06 bits per heavy atom. The van der Waals surface area contributed by atoms with Gasteiger partial charge >= 0.3 is 0 Å². The third kappa shape index (κ3) is 7.75. The van der Waals surface area contributed by atoms with Gasteiger partial charge in [-0.1, -0.05) is 48.3 Å². The number of anilines is 1. The van der Waals surface area contributed by atoms with Gasteiger partial charge in [-0.15, -0.1) is 0 Å². The number of sulfonamides is 1. The van der Waals surface area contributed by atoms with Gasteiger partial charge in [0, 0.05) is 27.7 Å². The minimum absolute atomic E-state index is 0.0864. The van der Waals surface area contributed by atoms with Crippen LogP contribution in [0.5, 0.6) is 5.75 Å². The Balaban J connectivity index is 2.56. The first kappa shape index (κ1) is 29.7. The average molecular weight is 559 g/mol. The van der Waals surface area contributed by atoms with E-state index in [1.54, 1.807) is 49.4 Å². The molecule has 8 nitrogen and oxygen atoms in total. The number of amides is 2. The summed E-state index contributed by atoms with van der Waals surface area (Å²) in [6.07, 6.45) is 1.29. The van der Waals surface area contributed by atoms with Crippen molar-refractivity contribution in [3.63, 3.8) is 0 Å². The minimum atomic E-state index is -3.90. The summed E-state index contributed by atoms with van der Waals surface area (Å²) in [5, 5.41) is 3.56. The summed E-state index contributed by atoms with van der Waals surface area (Å²) in [4.78, 5) is 28.3. The highest BCUT2D eigenvalue weighted by molar-refractivity contribution is 7.92. The van der Waals surface area contributed by atoms with Crippen molar-refractivity contribution in [1.29, 1.82) is 0 Å². The second-order valence-corrected chi connectivity index (χ2v) is 12.0. The van der Waals surface area contributed by atoms with E-state index in [2.05, 4.69) is 5.32 Å². The van der Waals surface area contributed by atoms with E-state index >= 15 is 0 Å². The molecule has 0 saturated carbocycles. The summed E-state index contributed by atoms with van der Waals surface area (Å²) in [5.74, 6) is -0.683. The van der Waals surface area contributed by atoms with Crippen LogP contribution in [-0.2, 0) is 26.2 Å². The third-order valence-corrected chi connectivity index (χ3v) is 7.14. The quantitative estimate of drug-likeness (QED) is 0.464. The SMILES string of the molecule is CC[C@H](C(=O)NC(C)(C)C)N(Cc1c(Cl)cccc1Cl)C(=O)CN(c1ccccc1OC)S(C)(=O)=O. The van der Waals surface area contributed by atoms with Crippen molar-refractivity contribution in [2.75, 3.05) is 24.2 Å². The molecule has 0 saturated heterocycles. The molecule has 0 aliphatic heterocycles. The first-order chi connectivity index (χ1) is 16.7. The van der Waals surface area contributed by atoms with E-state index < -0.39 is 34.1 Å². The van der Waals surface area contributed by atoms with Crippen molar-refractivity contribution in [2.24, 2.45) is 0 Å². The van der Waals surface area contributed by atoms with Gasteiger partial charge < -0.3 is 15.0 Å². The molecular weight excluding hydrogens is 525 g/mol. The zero-order valence-electron chi connectivity index (χ0n) is 21.3. The van der Waals surface area contributed by atoms with Crippen LogP contribution in [0.15, 0.2) is 42.5 Å². The Morgan fingerprint density at radius 3 is 2.14 bits per heavy atom. The highest BCUT2D eigenvalue weighted by atomic mass is 35.5. The maximum absolute atomic E-state index is 13.8. The predicted octanol–water partition coefficient (Wildman–Crippen LogP) is 4.49. The van der Waals surface area contributed by atoms with Crippen molar-refractivity contribution >= 4 is 50.7 Å². The second-order valence-electron chi connectivity index (χ2n) is 9.33. The molecule has 0 fully saturated rings. The molecule has 198 valence electrons. The lowest BCUT2D eigenvalue weighted by atomic mass is 10.1. The van der Waals surface area contributed by atoms with E-state index in [1.807, 2.05) is 20.8 Å². The third-order valence-electron chi connectivity index (χ3n) is 5.31. The van der Waals surface area contributed by atoms with Crippen LogP contribution in [0, 0.1) is 0 Å². The summed E-state index contributed by atoms with van der Waals surface area (Å²) in [6, 6.07) is 10.5. The first-order valence-electron chi connectivity index (χ1n) is 11.3. The van der Waals surface area contributed by atoms with Crippen LogP contribution in [0.3, 0.4) is 0 Å². The molecule has 0 bridgehead atoms. The van der Waals surface area contributed by atoms with E-state index in [0.717, 1.165) is 10.6 Å². The minimum Gasteiger partial charge on any atom is -0.495 e. The van der Waals surface area contributed by atoms with E-state index in [1.165, 1.54) is 12.0 Å². The molecule has 1 atom stereocenters. The molecule has 0 radical (unpaired) electrons. The molecule has 2 aromatic carbocycles. The number of rotatable bonds is 10. The van der Waals surface area contributed by atoms with Crippen LogP contribution in [-0.4, -0.2) is 56.6 Å². The molecule has 0 aromatic heterocycles. The Morgan fingerprint density at radius 2 is 1.64 bits per heavy atom. The molecule has 0 spiro atoms. The summed E-state index contributed by atoms with van der Waals surface area (Å²) in [7, 11) is -2.48. The van der Waals surface area contributed by atoms with Crippen LogP contribution in [0.2, 0.25) is 10.0 Å². The zero-order valence-corrected chi connectivity index (χ0v) is 23.7. The Kier molecular flexibility index (Phi) is 10.0. The Bertz CT molecular complexity index is 1180. The highest BCUT2D eigenvalue weighted by Crippen LogP contribution is 2.31. The van der Waals surface area contributed by atoms with Gasteiger partial charge in [0.2, 0.25) is 21.8 Å². The number of ether oxygens (including phenoxy) is 1. The molecule has 0 aliphatic carbocycles. The Hall–Kier alpha value is -2.49. The number of hydrogen-bond acceptors (Lipinski definition) is 5. The van der Waals surface area contributed by atoms with Gasteiger partial charge in [-0.3, -0.25) is 13.9 Å². The van der Waals surface area contributed by atoms with E-state index in [9.17, 15) is 18.0 Å². The highest BCUT2D eigenvalue weighted by Gasteiger charge is 2.34. The molecule has 2 amide bonds. The summed E-state index contributed by atoms with van der Waals surface area (Å²) >= 11 is 12.8. The summed E-state index contributed by atoms with van der Waals surface area (Å²) < 4.78 is 31.8. The van der Waals surface area contributed by atoms with Crippen molar-refractivity contribution in [3.8, 4) is 5.75 Å². The van der Waals surface area contributed by atoms with Crippen LogP contribution in [0.1, 0.15) is 39.7 Å². The maximum Gasteiger partial charge on any atom is 0.244 e. The van der Waals surface area contributed by atoms with Gasteiger partial charge in [0.1, 0.15) is 18.3 Å². The zero-order chi connectivity index (χ0) is 27.3. The number of carbonyl (C=O) groups is 2.